The van der Waals surface area contributed by atoms with Crippen LogP contribution in [-0.4, -0.2) is 48.8 Å². The first-order chi connectivity index (χ1) is 12.3. The first-order valence-electron chi connectivity index (χ1n) is 8.32. The fraction of sp³-hybridized carbons (Fsp3) is 0.353. The molecular weight excluding hydrogens is 354 g/mol. The van der Waals surface area contributed by atoms with E-state index in [0.717, 1.165) is 5.56 Å². The van der Waals surface area contributed by atoms with Gasteiger partial charge in [-0.05, 0) is 38.0 Å². The summed E-state index contributed by atoms with van der Waals surface area (Å²) in [5.41, 5.74) is 1.28. The minimum Gasteiger partial charge on any atom is -0.368 e. The van der Waals surface area contributed by atoms with E-state index in [2.05, 4.69) is 15.3 Å². The highest BCUT2D eigenvalue weighted by atomic mass is 32.2. The molecule has 0 unspecified atom stereocenters. The molecule has 0 saturated carbocycles. The van der Waals surface area contributed by atoms with Gasteiger partial charge in [0.25, 0.3) is 5.91 Å². The van der Waals surface area contributed by atoms with Crippen molar-refractivity contribution in [3.05, 3.63) is 47.9 Å². The first kappa shape index (κ1) is 19.8. The largest absolute Gasteiger partial charge is 0.368 e. The van der Waals surface area contributed by atoms with Crippen LogP contribution in [-0.2, 0) is 16.4 Å². The Balaban J connectivity index is 1.89. The zero-order chi connectivity index (χ0) is 19.2. The summed E-state index contributed by atoms with van der Waals surface area (Å²) in [4.78, 5) is 22.3. The maximum absolute atomic E-state index is 12.2. The van der Waals surface area contributed by atoms with Crippen LogP contribution in [0.3, 0.4) is 0 Å². The second-order valence-electron chi connectivity index (χ2n) is 5.63. The summed E-state index contributed by atoms with van der Waals surface area (Å²) in [7, 11) is -3.67. The number of carbonyl (C=O) groups excluding carboxylic acids is 1. The second-order valence-corrected chi connectivity index (χ2v) is 7.19. The molecule has 0 aliphatic carbocycles. The lowest BCUT2D eigenvalue weighted by molar-refractivity contribution is 0.0766. The summed E-state index contributed by atoms with van der Waals surface area (Å²) in [6, 6.07) is 6.41. The van der Waals surface area contributed by atoms with Gasteiger partial charge in [0.05, 0.1) is 17.3 Å². The molecule has 8 nitrogen and oxygen atoms in total. The van der Waals surface area contributed by atoms with Gasteiger partial charge < -0.3 is 10.2 Å². The third kappa shape index (κ3) is 5.24. The van der Waals surface area contributed by atoms with Gasteiger partial charge in [0.15, 0.2) is 0 Å². The lowest BCUT2D eigenvalue weighted by Gasteiger charge is -2.17. The van der Waals surface area contributed by atoms with Gasteiger partial charge in [-0.2, -0.15) is 0 Å². The summed E-state index contributed by atoms with van der Waals surface area (Å²) < 4.78 is 22.4. The number of nitrogens with one attached hydrogen (secondary N) is 1. The first-order valence-corrected chi connectivity index (χ1v) is 9.86. The molecule has 1 aromatic heterocycles. The van der Waals surface area contributed by atoms with Crippen LogP contribution in [0.1, 0.15) is 29.9 Å². The van der Waals surface area contributed by atoms with E-state index < -0.39 is 10.0 Å². The number of benzene rings is 1. The second kappa shape index (κ2) is 8.72. The van der Waals surface area contributed by atoms with Crippen LogP contribution < -0.4 is 10.5 Å². The van der Waals surface area contributed by atoms with E-state index in [1.807, 2.05) is 13.8 Å². The fourth-order valence-electron chi connectivity index (χ4n) is 2.38. The third-order valence-corrected chi connectivity index (χ3v) is 4.82. The molecule has 0 saturated heterocycles. The van der Waals surface area contributed by atoms with Gasteiger partial charge in [-0.15, -0.1) is 0 Å². The molecule has 1 aromatic carbocycles. The Morgan fingerprint density at radius 1 is 1.12 bits per heavy atom. The fourth-order valence-corrected chi connectivity index (χ4v) is 2.90. The van der Waals surface area contributed by atoms with Crippen molar-refractivity contribution in [2.75, 3.05) is 25.0 Å². The number of sulfonamides is 1. The number of nitrogens with zero attached hydrogens (tertiary/aromatic N) is 3. The number of amides is 1. The summed E-state index contributed by atoms with van der Waals surface area (Å²) >= 11 is 0. The molecule has 1 heterocycles. The number of primary sulfonamides is 1. The monoisotopic (exact) mass is 377 g/mol. The van der Waals surface area contributed by atoms with Crippen molar-refractivity contribution >= 4 is 21.7 Å². The molecule has 1 amide bonds. The normalized spacial score (nSPS) is 11.2. The third-order valence-electron chi connectivity index (χ3n) is 3.89. The van der Waals surface area contributed by atoms with Gasteiger partial charge in [0.1, 0.15) is 11.5 Å². The molecule has 0 aliphatic heterocycles. The van der Waals surface area contributed by atoms with Crippen LogP contribution in [0.2, 0.25) is 0 Å². The SMILES string of the molecule is CCN(CC)C(=O)c1cnc(NCCc2ccc(S(N)(=O)=O)cc2)cn1. The quantitative estimate of drug-likeness (QED) is 0.715. The highest BCUT2D eigenvalue weighted by Crippen LogP contribution is 2.10. The maximum atomic E-state index is 12.2. The molecule has 0 fully saturated rings. The molecule has 0 atom stereocenters. The molecule has 2 aromatic rings. The number of nitrogens with two attached hydrogens (primary N) is 1. The molecule has 0 radical (unpaired) electrons. The van der Waals surface area contributed by atoms with Gasteiger partial charge in [0.2, 0.25) is 10.0 Å². The Morgan fingerprint density at radius 2 is 1.77 bits per heavy atom. The van der Waals surface area contributed by atoms with Gasteiger partial charge in [-0.25, -0.2) is 23.5 Å². The Labute approximate surface area is 153 Å². The molecule has 140 valence electrons. The molecule has 0 spiro atoms. The van der Waals surface area contributed by atoms with E-state index in [0.29, 0.717) is 37.6 Å². The van der Waals surface area contributed by atoms with Crippen LogP contribution >= 0.6 is 0 Å². The minimum atomic E-state index is -3.67. The van der Waals surface area contributed by atoms with Crippen LogP contribution in [0.4, 0.5) is 5.82 Å². The van der Waals surface area contributed by atoms with E-state index in [9.17, 15) is 13.2 Å². The molecule has 3 N–H and O–H groups in total. The Kier molecular flexibility index (Phi) is 6.64. The van der Waals surface area contributed by atoms with E-state index in [1.165, 1.54) is 24.5 Å². The molecule has 9 heteroatoms. The highest BCUT2D eigenvalue weighted by Gasteiger charge is 2.14. The topological polar surface area (TPSA) is 118 Å². The van der Waals surface area contributed by atoms with Crippen LogP contribution in [0.25, 0.3) is 0 Å². The summed E-state index contributed by atoms with van der Waals surface area (Å²) in [6.45, 7) is 5.68. The van der Waals surface area contributed by atoms with Gasteiger partial charge >= 0.3 is 0 Å². The average Bonchev–Trinajstić information content (AvgIpc) is 2.63. The van der Waals surface area contributed by atoms with Crippen molar-refractivity contribution in [1.29, 1.82) is 0 Å². The van der Waals surface area contributed by atoms with Crippen molar-refractivity contribution in [1.82, 2.24) is 14.9 Å². The Morgan fingerprint density at radius 3 is 2.27 bits per heavy atom. The van der Waals surface area contributed by atoms with Crippen LogP contribution in [0, 0.1) is 0 Å². The molecular formula is C17H23N5O3S. The number of hydrogen-bond donors (Lipinski definition) is 2. The highest BCUT2D eigenvalue weighted by molar-refractivity contribution is 7.89. The van der Waals surface area contributed by atoms with Crippen molar-refractivity contribution < 1.29 is 13.2 Å². The van der Waals surface area contributed by atoms with Gasteiger partial charge in [0, 0.05) is 19.6 Å². The van der Waals surface area contributed by atoms with Crippen molar-refractivity contribution in [3.63, 3.8) is 0 Å². The van der Waals surface area contributed by atoms with Crippen LogP contribution in [0.5, 0.6) is 0 Å². The molecule has 26 heavy (non-hydrogen) atoms. The lowest BCUT2D eigenvalue weighted by Crippen LogP contribution is -2.31. The average molecular weight is 377 g/mol. The smallest absolute Gasteiger partial charge is 0.274 e. The number of rotatable bonds is 8. The molecule has 0 bridgehead atoms. The minimum absolute atomic E-state index is 0.0912. The van der Waals surface area contributed by atoms with Gasteiger partial charge in [-0.3, -0.25) is 4.79 Å². The van der Waals surface area contributed by atoms with Gasteiger partial charge in [-0.1, -0.05) is 12.1 Å². The Hall–Kier alpha value is -2.52. The zero-order valence-corrected chi connectivity index (χ0v) is 15.7. The van der Waals surface area contributed by atoms with E-state index >= 15 is 0 Å². The maximum Gasteiger partial charge on any atom is 0.274 e. The van der Waals surface area contributed by atoms with Crippen molar-refractivity contribution in [2.45, 2.75) is 25.2 Å². The van der Waals surface area contributed by atoms with E-state index in [4.69, 9.17) is 5.14 Å². The molecule has 0 aliphatic rings. The van der Waals surface area contributed by atoms with E-state index in [-0.39, 0.29) is 10.8 Å². The summed E-state index contributed by atoms with van der Waals surface area (Å²) in [6.07, 6.45) is 3.66. The van der Waals surface area contributed by atoms with Crippen LogP contribution in [0.15, 0.2) is 41.6 Å². The lowest BCUT2D eigenvalue weighted by atomic mass is 10.1. The molecule has 2 rings (SSSR count). The summed E-state index contributed by atoms with van der Waals surface area (Å²) in [5, 5.41) is 8.19. The zero-order valence-electron chi connectivity index (χ0n) is 14.8. The van der Waals surface area contributed by atoms with E-state index in [1.54, 1.807) is 17.0 Å². The summed E-state index contributed by atoms with van der Waals surface area (Å²) in [5.74, 6) is 0.436. The van der Waals surface area contributed by atoms with Crippen molar-refractivity contribution in [3.8, 4) is 0 Å². The number of aromatic nitrogens is 2. The predicted octanol–water partition coefficient (Wildman–Crippen LogP) is 1.26. The standard InChI is InChI=1S/C17H23N5O3S/c1-3-22(4-2)17(23)15-11-21-16(12-20-15)19-10-9-13-5-7-14(8-6-13)26(18,24)25/h5-8,11-12H,3-4,9-10H2,1-2H3,(H,19,21)(H2,18,24,25). The number of hydrogen-bond acceptors (Lipinski definition) is 6. The Bertz CT molecular complexity index is 832. The number of anilines is 1. The predicted molar refractivity (Wildman–Crippen MR) is 99.3 cm³/mol. The number of carbonyl (C=O) groups is 1. The van der Waals surface area contributed by atoms with Crippen molar-refractivity contribution in [2.24, 2.45) is 5.14 Å².